The van der Waals surface area contributed by atoms with Gasteiger partial charge in [-0.2, -0.15) is 5.10 Å². The molecule has 0 spiro atoms. The maximum Gasteiger partial charge on any atom is 0.274 e. The van der Waals surface area contributed by atoms with Gasteiger partial charge in [0.25, 0.3) is 5.91 Å². The van der Waals surface area contributed by atoms with Gasteiger partial charge in [0.2, 0.25) is 0 Å². The van der Waals surface area contributed by atoms with Gasteiger partial charge in [-0.3, -0.25) is 4.79 Å². The largest absolute Gasteiger partial charge is 0.274 e. The van der Waals surface area contributed by atoms with E-state index < -0.39 is 0 Å². The smallest absolute Gasteiger partial charge is 0.267 e. The van der Waals surface area contributed by atoms with Gasteiger partial charge in [0.05, 0.1) is 11.8 Å². The molecule has 166 valence electrons. The molecule has 1 amide bonds. The molecule has 0 saturated heterocycles. The molecule has 1 saturated carbocycles. The highest BCUT2D eigenvalue weighted by Gasteiger charge is 2.43. The summed E-state index contributed by atoms with van der Waals surface area (Å²) < 4.78 is 0. The normalized spacial score (nSPS) is 21.1. The summed E-state index contributed by atoms with van der Waals surface area (Å²) in [4.78, 5) is 13.6. The highest BCUT2D eigenvalue weighted by molar-refractivity contribution is 6.31. The van der Waals surface area contributed by atoms with Crippen molar-refractivity contribution in [3.8, 4) is 0 Å². The quantitative estimate of drug-likeness (QED) is 0.361. The van der Waals surface area contributed by atoms with E-state index in [2.05, 4.69) is 6.08 Å². The average Bonchev–Trinajstić information content (AvgIpc) is 3.21. The number of hydrogen-bond donors (Lipinski definition) is 0. The van der Waals surface area contributed by atoms with Gasteiger partial charge in [-0.1, -0.05) is 65.1 Å². The molecule has 0 N–H and O–H groups in total. The second-order valence-corrected chi connectivity index (χ2v) is 9.67. The molecule has 0 unspecified atom stereocenters. The van der Waals surface area contributed by atoms with Crippen molar-refractivity contribution in [3.05, 3.63) is 110 Å². The van der Waals surface area contributed by atoms with Crippen molar-refractivity contribution in [2.45, 2.75) is 25.3 Å². The van der Waals surface area contributed by atoms with Gasteiger partial charge in [0, 0.05) is 26.5 Å². The third kappa shape index (κ3) is 4.59. The zero-order chi connectivity index (χ0) is 22.9. The highest BCUT2D eigenvalue weighted by atomic mass is 35.5. The first-order chi connectivity index (χ1) is 16.0. The molecule has 2 atom stereocenters. The van der Waals surface area contributed by atoms with Crippen molar-refractivity contribution in [2.24, 2.45) is 11.0 Å². The van der Waals surface area contributed by atoms with Crippen LogP contribution in [0.3, 0.4) is 0 Å². The van der Waals surface area contributed by atoms with E-state index in [0.29, 0.717) is 20.6 Å². The Morgan fingerprint density at radius 2 is 1.61 bits per heavy atom. The summed E-state index contributed by atoms with van der Waals surface area (Å²) in [6.45, 7) is 0. The van der Waals surface area contributed by atoms with Crippen LogP contribution in [0.1, 0.15) is 46.8 Å². The summed E-state index contributed by atoms with van der Waals surface area (Å²) in [5.74, 6) is -0.0493. The maximum absolute atomic E-state index is 13.6. The van der Waals surface area contributed by atoms with Crippen molar-refractivity contribution in [1.29, 1.82) is 0 Å². The molecule has 6 heteroatoms. The molecule has 0 bridgehead atoms. The Morgan fingerprint density at radius 3 is 2.30 bits per heavy atom. The number of hydrazone groups is 1. The predicted octanol–water partition coefficient (Wildman–Crippen LogP) is 8.08. The third-order valence-electron chi connectivity index (χ3n) is 6.20. The van der Waals surface area contributed by atoms with Crippen LogP contribution in [-0.2, 0) is 0 Å². The molecule has 3 nitrogen and oxygen atoms in total. The van der Waals surface area contributed by atoms with Gasteiger partial charge in [-0.05, 0) is 84.5 Å². The maximum atomic E-state index is 13.6. The predicted molar refractivity (Wildman–Crippen MR) is 136 cm³/mol. The van der Waals surface area contributed by atoms with E-state index in [1.807, 2.05) is 48.5 Å². The summed E-state index contributed by atoms with van der Waals surface area (Å²) in [5, 5.41) is 8.45. The lowest BCUT2D eigenvalue weighted by Crippen LogP contribution is -2.31. The van der Waals surface area contributed by atoms with Crippen LogP contribution in [0.15, 0.2) is 83.5 Å². The molecule has 5 rings (SSSR count). The van der Waals surface area contributed by atoms with Gasteiger partial charge >= 0.3 is 0 Å². The summed E-state index contributed by atoms with van der Waals surface area (Å²) in [5.41, 5.74) is 4.75. The molecule has 0 radical (unpaired) electrons. The van der Waals surface area contributed by atoms with Crippen molar-refractivity contribution in [2.75, 3.05) is 0 Å². The fourth-order valence-electron chi connectivity index (χ4n) is 4.68. The molecule has 3 aromatic rings. The lowest BCUT2D eigenvalue weighted by atomic mass is 9.77. The minimum atomic E-state index is -0.197. The van der Waals surface area contributed by atoms with E-state index in [9.17, 15) is 4.79 Å². The summed E-state index contributed by atoms with van der Waals surface area (Å²) in [6, 6.07) is 22.3. The Kier molecular flexibility index (Phi) is 6.29. The Morgan fingerprint density at radius 1 is 0.909 bits per heavy atom. The highest BCUT2D eigenvalue weighted by Crippen LogP contribution is 2.45. The second-order valence-electron chi connectivity index (χ2n) is 8.36. The van der Waals surface area contributed by atoms with E-state index in [1.54, 1.807) is 29.3 Å². The topological polar surface area (TPSA) is 32.7 Å². The first kappa shape index (κ1) is 22.2. The number of rotatable bonds is 3. The van der Waals surface area contributed by atoms with Gasteiger partial charge in [0.15, 0.2) is 0 Å². The second kappa shape index (κ2) is 9.34. The minimum absolute atomic E-state index is 0.113. The summed E-state index contributed by atoms with van der Waals surface area (Å²) in [7, 11) is 0. The van der Waals surface area contributed by atoms with Crippen molar-refractivity contribution in [3.63, 3.8) is 0 Å². The summed E-state index contributed by atoms with van der Waals surface area (Å²) >= 11 is 18.4. The number of allylic oxidation sites excluding steroid dienone is 1. The lowest BCUT2D eigenvalue weighted by molar-refractivity contribution is 0.0681. The molecule has 1 aliphatic carbocycles. The molecule has 1 fully saturated rings. The fraction of sp³-hybridized carbons (Fsp3) is 0.185. The third-order valence-corrected chi connectivity index (χ3v) is 6.94. The monoisotopic (exact) mass is 494 g/mol. The fourth-order valence-corrected chi connectivity index (χ4v) is 5.12. The average molecular weight is 496 g/mol. The van der Waals surface area contributed by atoms with Gasteiger partial charge in [-0.15, -0.1) is 0 Å². The molecule has 33 heavy (non-hydrogen) atoms. The Balaban J connectivity index is 1.58. The minimum Gasteiger partial charge on any atom is -0.267 e. The SMILES string of the molecule is O=C(c1cccc(Cl)c1)N1N=C2/C(=C/c3ccc(Cl)cc3)CCC[C@H]2[C@H]1c1ccc(Cl)cc1. The van der Waals surface area contributed by atoms with Gasteiger partial charge < -0.3 is 0 Å². The molecule has 0 aromatic heterocycles. The van der Waals surface area contributed by atoms with Gasteiger partial charge in [-0.25, -0.2) is 5.01 Å². The Labute approximate surface area is 208 Å². The van der Waals surface area contributed by atoms with Crippen LogP contribution in [0.5, 0.6) is 0 Å². The number of hydrogen-bond acceptors (Lipinski definition) is 2. The molecule has 1 aliphatic heterocycles. The molecule has 2 aliphatic rings. The van der Waals surface area contributed by atoms with Crippen molar-refractivity contribution < 1.29 is 4.79 Å². The first-order valence-corrected chi connectivity index (χ1v) is 12.0. The standard InChI is InChI=1S/C27H21Cl3N2O/c28-21-11-7-17(8-12-21)15-19-3-2-6-24-25(19)31-32(26(24)18-9-13-22(29)14-10-18)27(33)20-4-1-5-23(30)16-20/h1,4-5,7-16,24,26H,2-3,6H2/b19-15+/t24-,26-/m1/s1. The van der Waals surface area contributed by atoms with E-state index in [1.165, 1.54) is 0 Å². The van der Waals surface area contributed by atoms with Crippen LogP contribution in [0, 0.1) is 5.92 Å². The van der Waals surface area contributed by atoms with Crippen molar-refractivity contribution >= 4 is 52.5 Å². The molecular weight excluding hydrogens is 475 g/mol. The van der Waals surface area contributed by atoms with Crippen LogP contribution in [0.25, 0.3) is 6.08 Å². The zero-order valence-electron chi connectivity index (χ0n) is 17.7. The first-order valence-electron chi connectivity index (χ1n) is 10.9. The molecule has 3 aromatic carbocycles. The summed E-state index contributed by atoms with van der Waals surface area (Å²) in [6.07, 6.45) is 5.08. The number of fused-ring (bicyclic) bond motifs is 1. The van der Waals surface area contributed by atoms with Gasteiger partial charge in [0.1, 0.15) is 0 Å². The number of amides is 1. The molecule has 1 heterocycles. The van der Waals surface area contributed by atoms with Crippen molar-refractivity contribution in [1.82, 2.24) is 5.01 Å². The van der Waals surface area contributed by atoms with E-state index in [0.717, 1.165) is 41.7 Å². The zero-order valence-corrected chi connectivity index (χ0v) is 20.0. The van der Waals surface area contributed by atoms with E-state index >= 15 is 0 Å². The van der Waals surface area contributed by atoms with Crippen LogP contribution >= 0.6 is 34.8 Å². The van der Waals surface area contributed by atoms with Crippen LogP contribution in [0.2, 0.25) is 15.1 Å². The van der Waals surface area contributed by atoms with Crippen LogP contribution < -0.4 is 0 Å². The van der Waals surface area contributed by atoms with E-state index in [-0.39, 0.29) is 17.9 Å². The Hall–Kier alpha value is -2.59. The van der Waals surface area contributed by atoms with E-state index in [4.69, 9.17) is 39.9 Å². The molecular formula is C27H21Cl3N2O. The number of carbonyl (C=O) groups excluding carboxylic acids is 1. The number of benzene rings is 3. The lowest BCUT2D eigenvalue weighted by Gasteiger charge is -2.29. The number of halogens is 3. The number of carbonyl (C=O) groups is 1. The Bertz CT molecular complexity index is 1250. The number of nitrogens with zero attached hydrogens (tertiary/aromatic N) is 2. The van der Waals surface area contributed by atoms with Crippen LogP contribution in [0.4, 0.5) is 0 Å². The van der Waals surface area contributed by atoms with Crippen LogP contribution in [-0.4, -0.2) is 16.6 Å².